The lowest BCUT2D eigenvalue weighted by atomic mass is 9.82. The molecule has 0 heterocycles. The maximum atomic E-state index is 13.4. The lowest BCUT2D eigenvalue weighted by Gasteiger charge is -2.34. The number of amides is 2. The highest BCUT2D eigenvalue weighted by Gasteiger charge is 2.40. The first-order valence-electron chi connectivity index (χ1n) is 12.1. The molecule has 1 fully saturated rings. The third-order valence-corrected chi connectivity index (χ3v) is 7.40. The van der Waals surface area contributed by atoms with E-state index in [2.05, 4.69) is 5.32 Å². The number of carbonyl (C=O) groups is 2. The molecule has 1 aromatic rings. The molecular weight excluding hydrogens is 506 g/mol. The van der Waals surface area contributed by atoms with Crippen LogP contribution in [0.5, 0.6) is 0 Å². The molecule has 0 radical (unpaired) electrons. The lowest BCUT2D eigenvalue weighted by molar-refractivity contribution is -0.387. The van der Waals surface area contributed by atoms with Crippen LogP contribution >= 0.6 is 0 Å². The van der Waals surface area contributed by atoms with Crippen LogP contribution in [-0.2, 0) is 19.5 Å². The topological polar surface area (TPSA) is 165 Å². The lowest BCUT2D eigenvalue weighted by Crippen LogP contribution is -2.47. The molecule has 0 spiro atoms. The molecule has 0 aromatic heterocycles. The van der Waals surface area contributed by atoms with Crippen LogP contribution in [0.2, 0.25) is 0 Å². The van der Waals surface area contributed by atoms with Crippen molar-refractivity contribution in [1.29, 1.82) is 0 Å². The molecule has 2 N–H and O–H groups in total. The number of ether oxygens (including phenoxy) is 2. The van der Waals surface area contributed by atoms with Crippen LogP contribution in [0, 0.1) is 16.0 Å². The Morgan fingerprint density at radius 1 is 1.08 bits per heavy atom. The number of rotatable bonds is 7. The Bertz CT molecular complexity index is 1090. The zero-order valence-electron chi connectivity index (χ0n) is 22.1. The molecule has 1 atom stereocenters. The Kier molecular flexibility index (Phi) is 9.53. The number of sulfonamides is 1. The highest BCUT2D eigenvalue weighted by Crippen LogP contribution is 2.31. The standard InChI is InChI=1S/C24H37N3O9S/c1-23(2,3)35-21(29)25-17-13-11-16(12-14-17)19(28)15-26(22(30)36-24(4,5)6)37(33,34)20-10-8-7-9-18(20)27(31)32/h7-10,16-17,19,28H,11-15H2,1-6H3,(H,25,29). The van der Waals surface area contributed by atoms with Crippen molar-refractivity contribution in [3.63, 3.8) is 0 Å². The minimum Gasteiger partial charge on any atom is -0.444 e. The van der Waals surface area contributed by atoms with Crippen LogP contribution in [0.1, 0.15) is 67.2 Å². The van der Waals surface area contributed by atoms with Gasteiger partial charge in [0.2, 0.25) is 0 Å². The maximum absolute atomic E-state index is 13.4. The van der Waals surface area contributed by atoms with Crippen molar-refractivity contribution in [3.8, 4) is 0 Å². The van der Waals surface area contributed by atoms with Crippen molar-refractivity contribution in [2.75, 3.05) is 6.54 Å². The number of nitrogens with zero attached hydrogens (tertiary/aromatic N) is 2. The van der Waals surface area contributed by atoms with Gasteiger partial charge in [0, 0.05) is 12.1 Å². The Hall–Kier alpha value is -2.93. The van der Waals surface area contributed by atoms with Crippen molar-refractivity contribution in [2.24, 2.45) is 5.92 Å². The number of nitro benzene ring substituents is 1. The number of carbonyl (C=O) groups excluding carboxylic acids is 2. The Morgan fingerprint density at radius 3 is 2.14 bits per heavy atom. The molecule has 13 heteroatoms. The molecule has 2 amide bonds. The molecule has 0 saturated heterocycles. The minimum absolute atomic E-state index is 0.170. The summed E-state index contributed by atoms with van der Waals surface area (Å²) in [5, 5.41) is 25.2. The van der Waals surface area contributed by atoms with Gasteiger partial charge in [-0.05, 0) is 79.2 Å². The van der Waals surface area contributed by atoms with Crippen LogP contribution < -0.4 is 5.32 Å². The van der Waals surface area contributed by atoms with Gasteiger partial charge in [0.05, 0.1) is 17.6 Å². The molecule has 0 bridgehead atoms. The molecule has 1 saturated carbocycles. The predicted octanol–water partition coefficient (Wildman–Crippen LogP) is 3.97. The molecule has 37 heavy (non-hydrogen) atoms. The molecular formula is C24H37N3O9S. The Morgan fingerprint density at radius 2 is 1.62 bits per heavy atom. The number of aliphatic hydroxyl groups excluding tert-OH is 1. The third kappa shape index (κ3) is 8.85. The van der Waals surface area contributed by atoms with Gasteiger partial charge in [-0.1, -0.05) is 12.1 Å². The number of benzene rings is 1. The Balaban J connectivity index is 2.20. The van der Waals surface area contributed by atoms with Crippen LogP contribution in [0.25, 0.3) is 0 Å². The van der Waals surface area contributed by atoms with Gasteiger partial charge in [-0.15, -0.1) is 0 Å². The van der Waals surface area contributed by atoms with Gasteiger partial charge >= 0.3 is 12.2 Å². The second-order valence-electron chi connectivity index (χ2n) is 11.1. The van der Waals surface area contributed by atoms with E-state index in [0.717, 1.165) is 12.1 Å². The number of alkyl carbamates (subject to hydrolysis) is 1. The monoisotopic (exact) mass is 543 g/mol. The van der Waals surface area contributed by atoms with E-state index in [4.69, 9.17) is 9.47 Å². The van der Waals surface area contributed by atoms with E-state index in [1.165, 1.54) is 12.1 Å². The zero-order chi connectivity index (χ0) is 28.2. The molecule has 1 aromatic carbocycles. The van der Waals surface area contributed by atoms with E-state index in [1.54, 1.807) is 41.5 Å². The normalized spacial score (nSPS) is 19.4. The SMILES string of the molecule is CC(C)(C)OC(=O)NC1CCC(C(O)CN(C(=O)OC(C)(C)C)S(=O)(=O)c2ccccc2[N+](=O)[O-])CC1. The number of hydrogen-bond donors (Lipinski definition) is 2. The quantitative estimate of drug-likeness (QED) is 0.382. The largest absolute Gasteiger partial charge is 0.444 e. The smallest absolute Gasteiger partial charge is 0.424 e. The van der Waals surface area contributed by atoms with Crippen molar-refractivity contribution in [2.45, 2.75) is 95.5 Å². The fourth-order valence-corrected chi connectivity index (χ4v) is 5.45. The zero-order valence-corrected chi connectivity index (χ0v) is 22.9. The summed E-state index contributed by atoms with van der Waals surface area (Å²) in [6.45, 7) is 9.29. The first kappa shape index (κ1) is 30.3. The number of nitro groups is 1. The summed E-state index contributed by atoms with van der Waals surface area (Å²) in [4.78, 5) is 34.9. The van der Waals surface area contributed by atoms with Crippen molar-refractivity contribution < 1.29 is 37.5 Å². The predicted molar refractivity (Wildman–Crippen MR) is 134 cm³/mol. The molecule has 2 rings (SSSR count). The summed E-state index contributed by atoms with van der Waals surface area (Å²) < 4.78 is 37.8. The van der Waals surface area contributed by atoms with E-state index in [0.29, 0.717) is 30.0 Å². The van der Waals surface area contributed by atoms with E-state index >= 15 is 0 Å². The first-order valence-corrected chi connectivity index (χ1v) is 13.5. The minimum atomic E-state index is -4.74. The molecule has 1 aliphatic carbocycles. The van der Waals surface area contributed by atoms with Gasteiger partial charge in [0.15, 0.2) is 4.90 Å². The van der Waals surface area contributed by atoms with Crippen LogP contribution in [-0.4, -0.2) is 64.8 Å². The van der Waals surface area contributed by atoms with E-state index < -0.39 is 61.6 Å². The fourth-order valence-electron chi connectivity index (χ4n) is 3.97. The van der Waals surface area contributed by atoms with E-state index in [1.807, 2.05) is 0 Å². The second-order valence-corrected chi connectivity index (χ2v) is 12.9. The van der Waals surface area contributed by atoms with Crippen LogP contribution in [0.3, 0.4) is 0 Å². The van der Waals surface area contributed by atoms with Gasteiger partial charge in [0.25, 0.3) is 15.7 Å². The highest BCUT2D eigenvalue weighted by atomic mass is 32.2. The molecule has 1 aliphatic rings. The van der Waals surface area contributed by atoms with Gasteiger partial charge in [-0.3, -0.25) is 10.1 Å². The highest BCUT2D eigenvalue weighted by molar-refractivity contribution is 7.89. The number of nitrogens with one attached hydrogen (secondary N) is 1. The summed E-state index contributed by atoms with van der Waals surface area (Å²) in [6.07, 6.45) is -1.10. The second kappa shape index (κ2) is 11.6. The molecule has 12 nitrogen and oxygen atoms in total. The summed E-state index contributed by atoms with van der Waals surface area (Å²) in [5.41, 5.74) is -2.38. The maximum Gasteiger partial charge on any atom is 0.424 e. The molecule has 0 aliphatic heterocycles. The average molecular weight is 544 g/mol. The van der Waals surface area contributed by atoms with Gasteiger partial charge in [-0.25, -0.2) is 18.0 Å². The summed E-state index contributed by atoms with van der Waals surface area (Å²) in [5.74, 6) is -0.373. The van der Waals surface area contributed by atoms with Crippen molar-refractivity contribution >= 4 is 27.9 Å². The Labute approximate surface area is 217 Å². The number of para-hydroxylation sites is 1. The third-order valence-electron chi connectivity index (χ3n) is 5.62. The van der Waals surface area contributed by atoms with E-state index in [9.17, 15) is 33.2 Å². The summed E-state index contributed by atoms with van der Waals surface area (Å²) in [6, 6.07) is 4.51. The molecule has 208 valence electrons. The van der Waals surface area contributed by atoms with Gasteiger partial charge in [0.1, 0.15) is 11.2 Å². The average Bonchev–Trinajstić information content (AvgIpc) is 2.75. The van der Waals surface area contributed by atoms with Crippen molar-refractivity contribution in [3.05, 3.63) is 34.4 Å². The molecule has 1 unspecified atom stereocenters. The van der Waals surface area contributed by atoms with Gasteiger partial charge < -0.3 is 19.9 Å². The summed E-state index contributed by atoms with van der Waals surface area (Å²) >= 11 is 0. The van der Waals surface area contributed by atoms with Crippen LogP contribution in [0.15, 0.2) is 29.2 Å². The van der Waals surface area contributed by atoms with Crippen LogP contribution in [0.4, 0.5) is 15.3 Å². The van der Waals surface area contributed by atoms with E-state index in [-0.39, 0.29) is 12.0 Å². The summed E-state index contributed by atoms with van der Waals surface area (Å²) in [7, 11) is -4.74. The first-order chi connectivity index (χ1) is 16.9. The van der Waals surface area contributed by atoms with Crippen molar-refractivity contribution in [1.82, 2.24) is 9.62 Å². The fraction of sp³-hybridized carbons (Fsp3) is 0.667. The number of aliphatic hydroxyl groups is 1. The number of hydrogen-bond acceptors (Lipinski definition) is 9. The van der Waals surface area contributed by atoms with Gasteiger partial charge in [-0.2, -0.15) is 4.31 Å².